The molecule has 0 unspecified atom stereocenters. The number of rotatable bonds is 2. The third-order valence-corrected chi connectivity index (χ3v) is 4.86. The standard InChI is InChI=1S/C14H28N2/c1-12(2)16-10-6-13(7-11-16)14(15)8-4-3-5-9-14/h12-13H,3-11,15H2,1-2H3. The van der Waals surface area contributed by atoms with Crippen molar-refractivity contribution in [3.63, 3.8) is 0 Å². The van der Waals surface area contributed by atoms with Crippen molar-refractivity contribution in [2.24, 2.45) is 11.7 Å². The fraction of sp³-hybridized carbons (Fsp3) is 1.00. The monoisotopic (exact) mass is 224 g/mol. The molecule has 2 nitrogen and oxygen atoms in total. The molecule has 1 aliphatic carbocycles. The molecule has 0 spiro atoms. The number of piperidine rings is 1. The number of nitrogens with two attached hydrogens (primary N) is 1. The van der Waals surface area contributed by atoms with Crippen LogP contribution >= 0.6 is 0 Å². The number of hydrogen-bond donors (Lipinski definition) is 1. The Morgan fingerprint density at radius 2 is 1.62 bits per heavy atom. The number of hydrogen-bond acceptors (Lipinski definition) is 2. The lowest BCUT2D eigenvalue weighted by Gasteiger charge is -2.45. The minimum absolute atomic E-state index is 0.196. The molecule has 0 atom stereocenters. The fourth-order valence-corrected chi connectivity index (χ4v) is 3.61. The third-order valence-electron chi connectivity index (χ3n) is 4.86. The van der Waals surface area contributed by atoms with Crippen molar-refractivity contribution in [1.29, 1.82) is 0 Å². The normalized spacial score (nSPS) is 28.5. The van der Waals surface area contributed by atoms with Crippen molar-refractivity contribution in [3.05, 3.63) is 0 Å². The van der Waals surface area contributed by atoms with Gasteiger partial charge in [0.05, 0.1) is 0 Å². The lowest BCUT2D eigenvalue weighted by Crippen LogP contribution is -2.53. The molecular formula is C14H28N2. The van der Waals surface area contributed by atoms with Gasteiger partial charge < -0.3 is 10.6 Å². The van der Waals surface area contributed by atoms with Crippen LogP contribution in [0.3, 0.4) is 0 Å². The lowest BCUT2D eigenvalue weighted by atomic mass is 9.70. The van der Waals surface area contributed by atoms with Gasteiger partial charge in [0.2, 0.25) is 0 Å². The predicted octanol–water partition coefficient (Wildman–Crippen LogP) is 2.77. The molecule has 2 heteroatoms. The summed E-state index contributed by atoms with van der Waals surface area (Å²) in [6.07, 6.45) is 9.34. The molecule has 94 valence electrons. The summed E-state index contributed by atoms with van der Waals surface area (Å²) in [5.74, 6) is 0.794. The first kappa shape index (κ1) is 12.4. The Labute approximate surface area is 101 Å². The summed E-state index contributed by atoms with van der Waals surface area (Å²) in [5, 5.41) is 0. The third kappa shape index (κ3) is 2.60. The van der Waals surface area contributed by atoms with E-state index < -0.39 is 0 Å². The van der Waals surface area contributed by atoms with Crippen LogP contribution in [0.15, 0.2) is 0 Å². The van der Waals surface area contributed by atoms with Gasteiger partial charge in [-0.05, 0) is 58.5 Å². The van der Waals surface area contributed by atoms with Gasteiger partial charge in [-0.15, -0.1) is 0 Å². The average Bonchev–Trinajstić information content (AvgIpc) is 2.30. The number of likely N-dealkylation sites (tertiary alicyclic amines) is 1. The molecule has 1 heterocycles. The maximum Gasteiger partial charge on any atom is 0.0183 e. The second-order valence-electron chi connectivity index (χ2n) is 6.20. The molecule has 0 aromatic heterocycles. The molecule has 0 radical (unpaired) electrons. The molecule has 1 saturated carbocycles. The minimum atomic E-state index is 0.196. The molecule has 2 N–H and O–H groups in total. The van der Waals surface area contributed by atoms with E-state index in [0.717, 1.165) is 5.92 Å². The zero-order valence-corrected chi connectivity index (χ0v) is 11.0. The van der Waals surface area contributed by atoms with E-state index in [0.29, 0.717) is 6.04 Å². The van der Waals surface area contributed by atoms with Gasteiger partial charge in [-0.3, -0.25) is 0 Å². The highest BCUT2D eigenvalue weighted by molar-refractivity contribution is 4.95. The lowest BCUT2D eigenvalue weighted by molar-refractivity contribution is 0.0877. The second-order valence-corrected chi connectivity index (χ2v) is 6.20. The summed E-state index contributed by atoms with van der Waals surface area (Å²) in [6.45, 7) is 7.14. The highest BCUT2D eigenvalue weighted by Crippen LogP contribution is 2.37. The van der Waals surface area contributed by atoms with Crippen molar-refractivity contribution in [2.45, 2.75) is 70.4 Å². The minimum Gasteiger partial charge on any atom is -0.325 e. The van der Waals surface area contributed by atoms with Gasteiger partial charge in [0, 0.05) is 11.6 Å². The second kappa shape index (κ2) is 5.05. The van der Waals surface area contributed by atoms with Crippen molar-refractivity contribution in [2.75, 3.05) is 13.1 Å². The van der Waals surface area contributed by atoms with Crippen LogP contribution in [0.25, 0.3) is 0 Å². The highest BCUT2D eigenvalue weighted by atomic mass is 15.1. The van der Waals surface area contributed by atoms with E-state index in [1.54, 1.807) is 0 Å². The summed E-state index contributed by atoms with van der Waals surface area (Å²) in [4.78, 5) is 2.60. The summed E-state index contributed by atoms with van der Waals surface area (Å²) in [6, 6.07) is 0.709. The van der Waals surface area contributed by atoms with Crippen LogP contribution in [-0.4, -0.2) is 29.6 Å². The molecule has 2 rings (SSSR count). The van der Waals surface area contributed by atoms with Crippen LogP contribution < -0.4 is 5.73 Å². The zero-order valence-electron chi connectivity index (χ0n) is 11.0. The first-order valence-electron chi connectivity index (χ1n) is 7.15. The van der Waals surface area contributed by atoms with E-state index >= 15 is 0 Å². The van der Waals surface area contributed by atoms with Gasteiger partial charge in [0.1, 0.15) is 0 Å². The Bertz CT molecular complexity index is 211. The van der Waals surface area contributed by atoms with Crippen molar-refractivity contribution >= 4 is 0 Å². The van der Waals surface area contributed by atoms with Crippen molar-refractivity contribution in [1.82, 2.24) is 4.90 Å². The van der Waals surface area contributed by atoms with Crippen molar-refractivity contribution in [3.8, 4) is 0 Å². The van der Waals surface area contributed by atoms with E-state index in [9.17, 15) is 0 Å². The van der Waals surface area contributed by atoms with Gasteiger partial charge in [-0.25, -0.2) is 0 Å². The van der Waals surface area contributed by atoms with E-state index in [1.807, 2.05) is 0 Å². The molecular weight excluding hydrogens is 196 g/mol. The van der Waals surface area contributed by atoms with Crippen molar-refractivity contribution < 1.29 is 0 Å². The maximum atomic E-state index is 6.64. The molecule has 0 aromatic carbocycles. The molecule has 2 fully saturated rings. The predicted molar refractivity (Wildman–Crippen MR) is 69.4 cm³/mol. The van der Waals surface area contributed by atoms with Crippen LogP contribution in [0.4, 0.5) is 0 Å². The van der Waals surface area contributed by atoms with Gasteiger partial charge in [0.25, 0.3) is 0 Å². The number of nitrogens with zero attached hydrogens (tertiary/aromatic N) is 1. The van der Waals surface area contributed by atoms with E-state index in [2.05, 4.69) is 18.7 Å². The Hall–Kier alpha value is -0.0800. The van der Waals surface area contributed by atoms with Crippen LogP contribution in [0.5, 0.6) is 0 Å². The summed E-state index contributed by atoms with van der Waals surface area (Å²) in [7, 11) is 0. The molecule has 1 saturated heterocycles. The Morgan fingerprint density at radius 3 is 2.12 bits per heavy atom. The quantitative estimate of drug-likeness (QED) is 0.781. The molecule has 1 aliphatic heterocycles. The Balaban J connectivity index is 1.88. The smallest absolute Gasteiger partial charge is 0.0183 e. The van der Waals surface area contributed by atoms with Gasteiger partial charge in [-0.2, -0.15) is 0 Å². The first-order valence-corrected chi connectivity index (χ1v) is 7.15. The van der Waals surface area contributed by atoms with Crippen LogP contribution in [-0.2, 0) is 0 Å². The average molecular weight is 224 g/mol. The Kier molecular flexibility index (Phi) is 3.91. The summed E-state index contributed by atoms with van der Waals surface area (Å²) < 4.78 is 0. The largest absolute Gasteiger partial charge is 0.325 e. The molecule has 0 bridgehead atoms. The molecule has 16 heavy (non-hydrogen) atoms. The van der Waals surface area contributed by atoms with Gasteiger partial charge in [-0.1, -0.05) is 19.3 Å². The van der Waals surface area contributed by atoms with E-state index in [-0.39, 0.29) is 5.54 Å². The molecule has 2 aliphatic rings. The van der Waals surface area contributed by atoms with E-state index in [4.69, 9.17) is 5.73 Å². The summed E-state index contributed by atoms with van der Waals surface area (Å²) in [5.41, 5.74) is 6.83. The highest BCUT2D eigenvalue weighted by Gasteiger charge is 2.37. The van der Waals surface area contributed by atoms with Crippen LogP contribution in [0.1, 0.15) is 58.8 Å². The van der Waals surface area contributed by atoms with Crippen LogP contribution in [0.2, 0.25) is 0 Å². The van der Waals surface area contributed by atoms with Gasteiger partial charge >= 0.3 is 0 Å². The fourth-order valence-electron chi connectivity index (χ4n) is 3.61. The molecule has 0 amide bonds. The first-order chi connectivity index (χ1) is 7.62. The topological polar surface area (TPSA) is 29.3 Å². The Morgan fingerprint density at radius 1 is 1.06 bits per heavy atom. The van der Waals surface area contributed by atoms with E-state index in [1.165, 1.54) is 58.0 Å². The SMILES string of the molecule is CC(C)N1CCC(C2(N)CCCCC2)CC1. The van der Waals surface area contributed by atoms with Crippen LogP contribution in [0, 0.1) is 5.92 Å². The summed E-state index contributed by atoms with van der Waals surface area (Å²) >= 11 is 0. The maximum absolute atomic E-state index is 6.64. The zero-order chi connectivity index (χ0) is 11.6. The van der Waals surface area contributed by atoms with Gasteiger partial charge in [0.15, 0.2) is 0 Å². The molecule has 0 aromatic rings.